The van der Waals surface area contributed by atoms with Crippen molar-refractivity contribution in [1.29, 1.82) is 0 Å². The molecule has 1 aromatic heterocycles. The first kappa shape index (κ1) is 13.3. The molecule has 1 atom stereocenters. The van der Waals surface area contributed by atoms with Gasteiger partial charge in [0.1, 0.15) is 0 Å². The molecule has 1 unspecified atom stereocenters. The second kappa shape index (κ2) is 6.20. The second-order valence-electron chi connectivity index (χ2n) is 5.47. The van der Waals surface area contributed by atoms with Gasteiger partial charge in [-0.15, -0.1) is 0 Å². The summed E-state index contributed by atoms with van der Waals surface area (Å²) in [6, 6.07) is 10.6. The first-order valence-electron chi connectivity index (χ1n) is 7.30. The van der Waals surface area contributed by atoms with Crippen LogP contribution in [0, 0.1) is 5.92 Å². The molecule has 2 N–H and O–H groups in total. The van der Waals surface area contributed by atoms with Crippen LogP contribution in [0.25, 0.3) is 5.69 Å². The Hall–Kier alpha value is -1.65. The Balaban J connectivity index is 1.59. The summed E-state index contributed by atoms with van der Waals surface area (Å²) in [6.07, 6.45) is 7.40. The van der Waals surface area contributed by atoms with Crippen molar-refractivity contribution in [2.75, 3.05) is 6.61 Å². The van der Waals surface area contributed by atoms with Crippen LogP contribution in [-0.4, -0.2) is 27.5 Å². The topological polar surface area (TPSA) is 50.1 Å². The van der Waals surface area contributed by atoms with E-state index in [-0.39, 0.29) is 6.61 Å². The number of rotatable bonds is 7. The van der Waals surface area contributed by atoms with E-state index in [0.717, 1.165) is 24.6 Å². The summed E-state index contributed by atoms with van der Waals surface area (Å²) in [4.78, 5) is 0. The fraction of sp³-hybridized carbons (Fsp3) is 0.438. The van der Waals surface area contributed by atoms with Crippen LogP contribution >= 0.6 is 0 Å². The van der Waals surface area contributed by atoms with Gasteiger partial charge in [-0.3, -0.25) is 0 Å². The molecule has 1 aliphatic rings. The molecule has 1 heterocycles. The molecule has 0 aliphatic heterocycles. The minimum atomic E-state index is 0.261. The Bertz CT molecular complexity index is 534. The van der Waals surface area contributed by atoms with Gasteiger partial charge in [-0.05, 0) is 37.3 Å². The first-order valence-corrected chi connectivity index (χ1v) is 7.30. The molecule has 20 heavy (non-hydrogen) atoms. The van der Waals surface area contributed by atoms with Gasteiger partial charge in [0.2, 0.25) is 0 Å². The van der Waals surface area contributed by atoms with E-state index in [1.54, 1.807) is 0 Å². The van der Waals surface area contributed by atoms with Crippen molar-refractivity contribution in [2.45, 2.75) is 31.8 Å². The fourth-order valence-corrected chi connectivity index (χ4v) is 2.56. The minimum Gasteiger partial charge on any atom is -0.396 e. The van der Waals surface area contributed by atoms with Crippen LogP contribution in [0.2, 0.25) is 0 Å². The number of hydrogen-bond donors (Lipinski definition) is 2. The molecule has 106 valence electrons. The lowest BCUT2D eigenvalue weighted by atomic mass is 10.1. The number of aliphatic hydroxyl groups is 1. The SMILES string of the molecule is OCCC(NCc1cnn(-c2ccccc2)c1)C1CC1. The number of benzene rings is 1. The number of para-hydroxylation sites is 1. The highest BCUT2D eigenvalue weighted by atomic mass is 16.3. The maximum Gasteiger partial charge on any atom is 0.0645 e. The normalized spacial score (nSPS) is 16.2. The quantitative estimate of drug-likeness (QED) is 0.811. The fourth-order valence-electron chi connectivity index (χ4n) is 2.56. The zero-order valence-electron chi connectivity index (χ0n) is 11.6. The third kappa shape index (κ3) is 3.26. The molecule has 1 aliphatic carbocycles. The smallest absolute Gasteiger partial charge is 0.0645 e. The van der Waals surface area contributed by atoms with Crippen molar-refractivity contribution in [1.82, 2.24) is 15.1 Å². The summed E-state index contributed by atoms with van der Waals surface area (Å²) in [7, 11) is 0. The third-order valence-corrected chi connectivity index (χ3v) is 3.86. The van der Waals surface area contributed by atoms with Crippen molar-refractivity contribution in [3.63, 3.8) is 0 Å². The third-order valence-electron chi connectivity index (χ3n) is 3.86. The molecule has 0 bridgehead atoms. The van der Waals surface area contributed by atoms with E-state index in [4.69, 9.17) is 5.11 Å². The van der Waals surface area contributed by atoms with Crippen molar-refractivity contribution in [3.8, 4) is 5.69 Å². The van der Waals surface area contributed by atoms with Crippen LogP contribution in [-0.2, 0) is 6.54 Å². The largest absolute Gasteiger partial charge is 0.396 e. The lowest BCUT2D eigenvalue weighted by Gasteiger charge is -2.16. The lowest BCUT2D eigenvalue weighted by molar-refractivity contribution is 0.256. The van der Waals surface area contributed by atoms with E-state index in [9.17, 15) is 0 Å². The van der Waals surface area contributed by atoms with Crippen LogP contribution in [0.5, 0.6) is 0 Å². The Morgan fingerprint density at radius 3 is 2.80 bits per heavy atom. The number of aliphatic hydroxyl groups excluding tert-OH is 1. The second-order valence-corrected chi connectivity index (χ2v) is 5.47. The average Bonchev–Trinajstić information content (AvgIpc) is 3.22. The van der Waals surface area contributed by atoms with E-state index < -0.39 is 0 Å². The summed E-state index contributed by atoms with van der Waals surface area (Å²) in [5.74, 6) is 0.756. The average molecular weight is 271 g/mol. The van der Waals surface area contributed by atoms with Gasteiger partial charge in [0.15, 0.2) is 0 Å². The molecule has 0 saturated heterocycles. The van der Waals surface area contributed by atoms with Gasteiger partial charge in [0, 0.05) is 31.0 Å². The number of nitrogens with zero attached hydrogens (tertiary/aromatic N) is 2. The van der Waals surface area contributed by atoms with Gasteiger partial charge >= 0.3 is 0 Å². The summed E-state index contributed by atoms with van der Waals surface area (Å²) >= 11 is 0. The standard InChI is InChI=1S/C16H21N3O/c20-9-8-16(14-6-7-14)17-10-13-11-18-19(12-13)15-4-2-1-3-5-15/h1-5,11-12,14,16-17,20H,6-10H2. The van der Waals surface area contributed by atoms with Crippen LogP contribution in [0.1, 0.15) is 24.8 Å². The van der Waals surface area contributed by atoms with E-state index in [1.165, 1.54) is 18.4 Å². The molecule has 3 rings (SSSR count). The lowest BCUT2D eigenvalue weighted by Crippen LogP contribution is -2.31. The van der Waals surface area contributed by atoms with Gasteiger partial charge in [0.05, 0.1) is 11.9 Å². The van der Waals surface area contributed by atoms with Crippen molar-refractivity contribution >= 4 is 0 Å². The van der Waals surface area contributed by atoms with E-state index in [0.29, 0.717) is 6.04 Å². The number of hydrogen-bond acceptors (Lipinski definition) is 3. The summed E-state index contributed by atoms with van der Waals surface area (Å²) in [5.41, 5.74) is 2.25. The maximum absolute atomic E-state index is 9.11. The van der Waals surface area contributed by atoms with E-state index in [1.807, 2.05) is 41.2 Å². The summed E-state index contributed by atoms with van der Waals surface area (Å²) < 4.78 is 1.90. The van der Waals surface area contributed by atoms with Crippen LogP contribution in [0.15, 0.2) is 42.7 Å². The summed E-state index contributed by atoms with van der Waals surface area (Å²) in [6.45, 7) is 1.07. The van der Waals surface area contributed by atoms with Crippen LogP contribution < -0.4 is 5.32 Å². The molecule has 4 nitrogen and oxygen atoms in total. The molecule has 0 amide bonds. The maximum atomic E-state index is 9.11. The zero-order chi connectivity index (χ0) is 13.8. The van der Waals surface area contributed by atoms with E-state index >= 15 is 0 Å². The highest BCUT2D eigenvalue weighted by Gasteiger charge is 2.30. The van der Waals surface area contributed by atoms with Gasteiger partial charge in [-0.25, -0.2) is 4.68 Å². The highest BCUT2D eigenvalue weighted by Crippen LogP contribution is 2.34. The zero-order valence-corrected chi connectivity index (χ0v) is 11.6. The highest BCUT2D eigenvalue weighted by molar-refractivity contribution is 5.30. The molecular formula is C16H21N3O. The molecular weight excluding hydrogens is 250 g/mol. The molecule has 4 heteroatoms. The molecule has 2 aromatic rings. The van der Waals surface area contributed by atoms with Gasteiger partial charge < -0.3 is 10.4 Å². The Kier molecular flexibility index (Phi) is 4.14. The van der Waals surface area contributed by atoms with Crippen LogP contribution in [0.3, 0.4) is 0 Å². The van der Waals surface area contributed by atoms with Gasteiger partial charge in [-0.2, -0.15) is 5.10 Å². The molecule has 1 aromatic carbocycles. The van der Waals surface area contributed by atoms with Crippen LogP contribution in [0.4, 0.5) is 0 Å². The molecule has 0 radical (unpaired) electrons. The number of nitrogens with one attached hydrogen (secondary N) is 1. The van der Waals surface area contributed by atoms with Gasteiger partial charge in [0.25, 0.3) is 0 Å². The Morgan fingerprint density at radius 2 is 2.10 bits per heavy atom. The van der Waals surface area contributed by atoms with Crippen molar-refractivity contribution in [3.05, 3.63) is 48.3 Å². The Labute approximate surface area is 119 Å². The van der Waals surface area contributed by atoms with Crippen molar-refractivity contribution < 1.29 is 5.11 Å². The first-order chi connectivity index (χ1) is 9.86. The van der Waals surface area contributed by atoms with Crippen molar-refractivity contribution in [2.24, 2.45) is 5.92 Å². The minimum absolute atomic E-state index is 0.261. The predicted octanol–water partition coefficient (Wildman–Crippen LogP) is 2.12. The Morgan fingerprint density at radius 1 is 1.30 bits per heavy atom. The number of aromatic nitrogens is 2. The van der Waals surface area contributed by atoms with Gasteiger partial charge in [-0.1, -0.05) is 18.2 Å². The van der Waals surface area contributed by atoms with E-state index in [2.05, 4.69) is 16.6 Å². The molecule has 1 fully saturated rings. The molecule has 1 saturated carbocycles. The summed E-state index contributed by atoms with van der Waals surface area (Å²) in [5, 5.41) is 17.1. The predicted molar refractivity (Wildman–Crippen MR) is 78.6 cm³/mol. The monoisotopic (exact) mass is 271 g/mol. The molecule has 0 spiro atoms.